The van der Waals surface area contributed by atoms with Gasteiger partial charge < -0.3 is 10.6 Å². The fourth-order valence-corrected chi connectivity index (χ4v) is 2.22. The summed E-state index contributed by atoms with van der Waals surface area (Å²) in [5.74, 6) is -0.259. The van der Waals surface area contributed by atoms with Gasteiger partial charge in [-0.1, -0.05) is 32.0 Å². The standard InChI is InChI=1S/C18H22FN3O/c1-18(2,14-6-8-15(19)9-7-14)13-22-17(23)21-12-10-16-5-3-4-11-20-16/h3-9,11H,10,12-13H2,1-2H3,(H2,21,22,23). The molecule has 1 aromatic heterocycles. The van der Waals surface area contributed by atoms with E-state index in [2.05, 4.69) is 15.6 Å². The second kappa shape index (κ2) is 7.72. The number of hydrogen-bond acceptors (Lipinski definition) is 2. The van der Waals surface area contributed by atoms with Crippen molar-refractivity contribution >= 4 is 6.03 Å². The van der Waals surface area contributed by atoms with Crippen LogP contribution in [-0.2, 0) is 11.8 Å². The van der Waals surface area contributed by atoms with Crippen molar-refractivity contribution in [2.75, 3.05) is 13.1 Å². The van der Waals surface area contributed by atoms with Crippen molar-refractivity contribution in [1.82, 2.24) is 15.6 Å². The van der Waals surface area contributed by atoms with Crippen molar-refractivity contribution < 1.29 is 9.18 Å². The maximum absolute atomic E-state index is 13.0. The molecule has 0 unspecified atom stereocenters. The van der Waals surface area contributed by atoms with Crippen molar-refractivity contribution in [1.29, 1.82) is 0 Å². The van der Waals surface area contributed by atoms with Gasteiger partial charge in [-0.3, -0.25) is 4.98 Å². The highest BCUT2D eigenvalue weighted by molar-refractivity contribution is 5.73. The Hall–Kier alpha value is -2.43. The monoisotopic (exact) mass is 315 g/mol. The van der Waals surface area contributed by atoms with Crippen LogP contribution in [0.1, 0.15) is 25.1 Å². The van der Waals surface area contributed by atoms with E-state index in [9.17, 15) is 9.18 Å². The summed E-state index contributed by atoms with van der Waals surface area (Å²) >= 11 is 0. The molecule has 0 saturated carbocycles. The third-order valence-corrected chi connectivity index (χ3v) is 3.71. The van der Waals surface area contributed by atoms with E-state index in [1.54, 1.807) is 18.3 Å². The molecular weight excluding hydrogens is 293 g/mol. The van der Waals surface area contributed by atoms with Crippen LogP contribution in [0.5, 0.6) is 0 Å². The maximum Gasteiger partial charge on any atom is 0.314 e. The highest BCUT2D eigenvalue weighted by Gasteiger charge is 2.21. The maximum atomic E-state index is 13.0. The number of hydrogen-bond donors (Lipinski definition) is 2. The molecule has 0 saturated heterocycles. The fourth-order valence-electron chi connectivity index (χ4n) is 2.22. The van der Waals surface area contributed by atoms with E-state index in [-0.39, 0.29) is 17.3 Å². The van der Waals surface area contributed by atoms with Gasteiger partial charge in [0.15, 0.2) is 0 Å². The van der Waals surface area contributed by atoms with Gasteiger partial charge in [0.05, 0.1) is 0 Å². The Bertz CT molecular complexity index is 626. The van der Waals surface area contributed by atoms with Gasteiger partial charge in [0, 0.05) is 36.8 Å². The summed E-state index contributed by atoms with van der Waals surface area (Å²) in [6, 6.07) is 11.9. The third-order valence-electron chi connectivity index (χ3n) is 3.71. The molecule has 4 nitrogen and oxygen atoms in total. The average Bonchev–Trinajstić information content (AvgIpc) is 2.54. The Labute approximate surface area is 136 Å². The van der Waals surface area contributed by atoms with Crippen LogP contribution < -0.4 is 10.6 Å². The zero-order chi connectivity index (χ0) is 16.7. The van der Waals surface area contributed by atoms with E-state index in [0.717, 1.165) is 11.3 Å². The zero-order valence-corrected chi connectivity index (χ0v) is 13.5. The highest BCUT2D eigenvalue weighted by Crippen LogP contribution is 2.22. The first-order chi connectivity index (χ1) is 11.0. The molecule has 0 bridgehead atoms. The molecule has 0 aliphatic heterocycles. The highest BCUT2D eigenvalue weighted by atomic mass is 19.1. The predicted molar refractivity (Wildman–Crippen MR) is 88.8 cm³/mol. The van der Waals surface area contributed by atoms with Gasteiger partial charge in [-0.25, -0.2) is 9.18 Å². The van der Waals surface area contributed by atoms with Crippen LogP contribution in [0.15, 0.2) is 48.7 Å². The second-order valence-corrected chi connectivity index (χ2v) is 6.07. The number of benzene rings is 1. The summed E-state index contributed by atoms with van der Waals surface area (Å²) in [7, 11) is 0. The zero-order valence-electron chi connectivity index (χ0n) is 13.5. The molecule has 1 heterocycles. The lowest BCUT2D eigenvalue weighted by Gasteiger charge is -2.25. The molecule has 1 aromatic carbocycles. The minimum absolute atomic E-state index is 0.212. The summed E-state index contributed by atoms with van der Waals surface area (Å²) in [5.41, 5.74) is 1.65. The van der Waals surface area contributed by atoms with Gasteiger partial charge >= 0.3 is 6.03 Å². The molecule has 2 rings (SSSR count). The first-order valence-corrected chi connectivity index (χ1v) is 7.65. The van der Waals surface area contributed by atoms with Gasteiger partial charge in [0.1, 0.15) is 5.82 Å². The van der Waals surface area contributed by atoms with Crippen LogP contribution in [0.3, 0.4) is 0 Å². The summed E-state index contributed by atoms with van der Waals surface area (Å²) in [5, 5.41) is 5.67. The Morgan fingerprint density at radius 1 is 1.13 bits per heavy atom. The number of halogens is 1. The molecule has 0 aliphatic rings. The normalized spacial score (nSPS) is 11.1. The SMILES string of the molecule is CC(C)(CNC(=O)NCCc1ccccn1)c1ccc(F)cc1. The summed E-state index contributed by atoms with van der Waals surface area (Å²) < 4.78 is 13.0. The lowest BCUT2D eigenvalue weighted by molar-refractivity contribution is 0.238. The number of nitrogens with zero attached hydrogens (tertiary/aromatic N) is 1. The second-order valence-electron chi connectivity index (χ2n) is 6.07. The van der Waals surface area contributed by atoms with Crippen LogP contribution >= 0.6 is 0 Å². The quantitative estimate of drug-likeness (QED) is 0.861. The Morgan fingerprint density at radius 2 is 1.87 bits per heavy atom. The van der Waals surface area contributed by atoms with Crippen LogP contribution in [0.2, 0.25) is 0 Å². The summed E-state index contributed by atoms with van der Waals surface area (Å²) in [6.07, 6.45) is 2.43. The predicted octanol–water partition coefficient (Wildman–Crippen LogP) is 3.04. The minimum atomic E-state index is -0.272. The van der Waals surface area contributed by atoms with Gasteiger partial charge in [0.25, 0.3) is 0 Å². The smallest absolute Gasteiger partial charge is 0.314 e. The molecule has 2 aromatic rings. The van der Waals surface area contributed by atoms with Crippen LogP contribution in [0, 0.1) is 5.82 Å². The number of carbonyl (C=O) groups excluding carboxylic acids is 1. The van der Waals surface area contributed by atoms with Gasteiger partial charge in [-0.05, 0) is 29.8 Å². The molecule has 0 radical (unpaired) electrons. The summed E-state index contributed by atoms with van der Waals surface area (Å²) in [4.78, 5) is 16.1. The van der Waals surface area contributed by atoms with Crippen LogP contribution in [0.25, 0.3) is 0 Å². The number of rotatable bonds is 6. The van der Waals surface area contributed by atoms with Crippen molar-refractivity contribution in [2.45, 2.75) is 25.7 Å². The third kappa shape index (κ3) is 5.36. The Kier molecular flexibility index (Phi) is 5.68. The van der Waals surface area contributed by atoms with Crippen molar-refractivity contribution in [3.8, 4) is 0 Å². The van der Waals surface area contributed by atoms with E-state index in [4.69, 9.17) is 0 Å². The molecule has 23 heavy (non-hydrogen) atoms. The van der Waals surface area contributed by atoms with Crippen molar-refractivity contribution in [3.63, 3.8) is 0 Å². The van der Waals surface area contributed by atoms with E-state index in [1.165, 1.54) is 12.1 Å². The number of nitrogens with one attached hydrogen (secondary N) is 2. The summed E-state index contributed by atoms with van der Waals surface area (Å²) in [6.45, 7) is 5.01. The van der Waals surface area contributed by atoms with Crippen LogP contribution in [-0.4, -0.2) is 24.1 Å². The van der Waals surface area contributed by atoms with E-state index in [0.29, 0.717) is 19.5 Å². The molecule has 5 heteroatoms. The fraction of sp³-hybridized carbons (Fsp3) is 0.333. The first-order valence-electron chi connectivity index (χ1n) is 7.65. The lowest BCUT2D eigenvalue weighted by Crippen LogP contribution is -2.42. The van der Waals surface area contributed by atoms with E-state index < -0.39 is 0 Å². The molecular formula is C18H22FN3O. The van der Waals surface area contributed by atoms with E-state index >= 15 is 0 Å². The molecule has 0 atom stereocenters. The van der Waals surface area contributed by atoms with Crippen molar-refractivity contribution in [2.24, 2.45) is 0 Å². The number of aromatic nitrogens is 1. The average molecular weight is 315 g/mol. The molecule has 2 amide bonds. The number of urea groups is 1. The lowest BCUT2D eigenvalue weighted by atomic mass is 9.84. The number of carbonyl (C=O) groups is 1. The van der Waals surface area contributed by atoms with E-state index in [1.807, 2.05) is 32.0 Å². The molecule has 0 spiro atoms. The minimum Gasteiger partial charge on any atom is -0.338 e. The van der Waals surface area contributed by atoms with Gasteiger partial charge in [-0.2, -0.15) is 0 Å². The van der Waals surface area contributed by atoms with Crippen LogP contribution in [0.4, 0.5) is 9.18 Å². The Balaban J connectivity index is 1.76. The largest absolute Gasteiger partial charge is 0.338 e. The molecule has 0 fully saturated rings. The number of amides is 2. The van der Waals surface area contributed by atoms with Crippen molar-refractivity contribution in [3.05, 3.63) is 65.7 Å². The number of pyridine rings is 1. The van der Waals surface area contributed by atoms with Gasteiger partial charge in [-0.15, -0.1) is 0 Å². The topological polar surface area (TPSA) is 54.0 Å². The molecule has 2 N–H and O–H groups in total. The first kappa shape index (κ1) is 16.9. The molecule has 122 valence electrons. The molecule has 0 aliphatic carbocycles. The Morgan fingerprint density at radius 3 is 2.52 bits per heavy atom. The van der Waals surface area contributed by atoms with Gasteiger partial charge in [0.2, 0.25) is 0 Å².